The van der Waals surface area contributed by atoms with Gasteiger partial charge in [-0.1, -0.05) is 138 Å². The van der Waals surface area contributed by atoms with Gasteiger partial charge in [-0.15, -0.1) is 0 Å². The molecule has 0 saturated carbocycles. The molecule has 0 aromatic rings. The lowest BCUT2D eigenvalue weighted by atomic mass is 9.71. The molecule has 3 aliphatic heterocycles. The van der Waals surface area contributed by atoms with Crippen molar-refractivity contribution in [2.24, 2.45) is 5.41 Å². The van der Waals surface area contributed by atoms with Crippen LogP contribution < -0.4 is 0 Å². The number of methoxy groups -OCH3 is 6. The molecule has 3 heterocycles. The highest BCUT2D eigenvalue weighted by molar-refractivity contribution is 5.38. The molecule has 3 N–H and O–H groups in total. The number of aliphatic hydroxyl groups excluding tert-OH is 3. The first-order valence-electron chi connectivity index (χ1n) is 28.0. The summed E-state index contributed by atoms with van der Waals surface area (Å²) in [7, 11) is 9.31. The Morgan fingerprint density at radius 3 is 1.42 bits per heavy atom. The van der Waals surface area contributed by atoms with E-state index in [0.717, 1.165) is 40.7 Å². The first kappa shape index (κ1) is 68.0. The Balaban J connectivity index is 1.32. The molecule has 15 nitrogen and oxygen atoms in total. The van der Waals surface area contributed by atoms with Gasteiger partial charge in [-0.05, 0) is 113 Å². The van der Waals surface area contributed by atoms with Crippen LogP contribution in [0.25, 0.3) is 0 Å². The Bertz CT molecular complexity index is 2240. The van der Waals surface area contributed by atoms with E-state index < -0.39 is 104 Å². The predicted octanol–water partition coefficient (Wildman–Crippen LogP) is 10.4. The van der Waals surface area contributed by atoms with E-state index in [1.165, 1.54) is 32.5 Å². The lowest BCUT2D eigenvalue weighted by Gasteiger charge is -2.48. The number of aliphatic hydroxyl groups is 3. The third-order valence-corrected chi connectivity index (χ3v) is 15.5. The van der Waals surface area contributed by atoms with Gasteiger partial charge in [0.2, 0.25) is 0 Å². The summed E-state index contributed by atoms with van der Waals surface area (Å²) < 4.78 is 72.5. The maximum absolute atomic E-state index is 10.8. The van der Waals surface area contributed by atoms with Crippen molar-refractivity contribution in [1.82, 2.24) is 0 Å². The van der Waals surface area contributed by atoms with Crippen LogP contribution in [-0.2, 0) is 56.8 Å². The molecule has 4 rings (SSSR count). The summed E-state index contributed by atoms with van der Waals surface area (Å²) >= 11 is 0. The summed E-state index contributed by atoms with van der Waals surface area (Å²) in [5.74, 6) is 0. The zero-order valence-corrected chi connectivity index (χ0v) is 51.0. The van der Waals surface area contributed by atoms with Crippen molar-refractivity contribution in [2.75, 3.05) is 42.7 Å². The maximum atomic E-state index is 10.8. The van der Waals surface area contributed by atoms with Crippen LogP contribution in [0.3, 0.4) is 0 Å². The number of hydrogen-bond donors (Lipinski definition) is 3. The van der Waals surface area contributed by atoms with Crippen LogP contribution >= 0.6 is 0 Å². The van der Waals surface area contributed by atoms with E-state index in [0.29, 0.717) is 12.8 Å². The third kappa shape index (κ3) is 19.6. The average Bonchev–Trinajstić information content (AvgIpc) is 3.42. The molecule has 15 heteroatoms. The van der Waals surface area contributed by atoms with E-state index in [4.69, 9.17) is 56.8 Å². The highest BCUT2D eigenvalue weighted by Crippen LogP contribution is 2.43. The fourth-order valence-electron chi connectivity index (χ4n) is 10.7. The number of ether oxygens (including phenoxy) is 12. The van der Waals surface area contributed by atoms with Gasteiger partial charge in [0.05, 0.1) is 36.1 Å². The normalized spacial score (nSPS) is 34.6. The van der Waals surface area contributed by atoms with Crippen LogP contribution in [0.2, 0.25) is 0 Å². The highest BCUT2D eigenvalue weighted by atomic mass is 16.8. The Morgan fingerprint density at radius 2 is 0.962 bits per heavy atom. The van der Waals surface area contributed by atoms with Crippen LogP contribution in [0.4, 0.5) is 0 Å². The fourth-order valence-corrected chi connectivity index (χ4v) is 10.7. The summed E-state index contributed by atoms with van der Waals surface area (Å²) in [5.41, 5.74) is 7.14. The topological polar surface area (TPSA) is 171 Å². The molecule has 0 amide bonds. The molecule has 0 aromatic heterocycles. The van der Waals surface area contributed by atoms with Gasteiger partial charge in [-0.25, -0.2) is 0 Å². The zero-order chi connectivity index (χ0) is 58.8. The Morgan fingerprint density at radius 1 is 0.570 bits per heavy atom. The quantitative estimate of drug-likeness (QED) is 0.0699. The third-order valence-electron chi connectivity index (χ3n) is 15.5. The lowest BCUT2D eigenvalue weighted by Crippen LogP contribution is -2.62. The van der Waals surface area contributed by atoms with E-state index in [1.807, 2.05) is 32.9 Å². The van der Waals surface area contributed by atoms with Crippen molar-refractivity contribution in [3.05, 3.63) is 130 Å². The largest absolute Gasteiger partial charge is 0.388 e. The summed E-state index contributed by atoms with van der Waals surface area (Å²) in [6, 6.07) is 0. The maximum Gasteiger partial charge on any atom is 0.187 e. The van der Waals surface area contributed by atoms with E-state index >= 15 is 0 Å². The van der Waals surface area contributed by atoms with Crippen molar-refractivity contribution in [1.29, 1.82) is 0 Å². The number of hydrogen-bond acceptors (Lipinski definition) is 15. The number of allylic oxidation sites excluding steroid dienone is 21. The summed E-state index contributed by atoms with van der Waals surface area (Å²) in [5, 5.41) is 32.2. The molecular formula is C64H100O15. The second kappa shape index (κ2) is 32.4. The van der Waals surface area contributed by atoms with Crippen molar-refractivity contribution in [3.8, 4) is 0 Å². The number of rotatable bonds is 26. The molecule has 4 aliphatic rings. The first-order chi connectivity index (χ1) is 37.4. The first-order valence-corrected chi connectivity index (χ1v) is 28.0. The van der Waals surface area contributed by atoms with Gasteiger partial charge in [0.15, 0.2) is 18.9 Å². The molecule has 3 saturated heterocycles. The molecule has 3 fully saturated rings. The monoisotopic (exact) mass is 1110 g/mol. The molecule has 1 aliphatic carbocycles. The smallest absolute Gasteiger partial charge is 0.187 e. The minimum atomic E-state index is -0.973. The van der Waals surface area contributed by atoms with Crippen molar-refractivity contribution < 1.29 is 72.2 Å². The van der Waals surface area contributed by atoms with Gasteiger partial charge >= 0.3 is 0 Å². The Hall–Kier alpha value is -3.46. The van der Waals surface area contributed by atoms with Gasteiger partial charge in [0.1, 0.15) is 54.9 Å². The van der Waals surface area contributed by atoms with Crippen molar-refractivity contribution in [2.45, 2.75) is 226 Å². The van der Waals surface area contributed by atoms with Crippen molar-refractivity contribution in [3.63, 3.8) is 0 Å². The summed E-state index contributed by atoms with van der Waals surface area (Å²) in [6.07, 6.45) is 23.3. The minimum Gasteiger partial charge on any atom is -0.388 e. The highest BCUT2D eigenvalue weighted by Gasteiger charge is 2.51. The van der Waals surface area contributed by atoms with Gasteiger partial charge in [-0.2, -0.15) is 0 Å². The zero-order valence-electron chi connectivity index (χ0n) is 51.0. The minimum absolute atomic E-state index is 0.0539. The summed E-state index contributed by atoms with van der Waals surface area (Å²) in [6.45, 7) is 26.4. The molecule has 0 bridgehead atoms. The molecule has 17 atom stereocenters. The van der Waals surface area contributed by atoms with E-state index in [2.05, 4.69) is 134 Å². The SMILES string of the molecule is CO[C@H]1[C@H](O[C@@H]2CC(C)=C(/C=C/C(C)=C/C=C/C(C)=C/C=C/C=C(C)/C=C/C=C(C)/C=C/C=C(\C)CC[C@H](O[C@@H]3O[C@H](C)[C@H](O)[C@H](OC)[C@H]3OC)C(C)(C)O[C@@H]3O[C@H](C)[C@H](O)[C@H](OC)[C@H]3OC)C(C)(C)C2)O[C@H](C)[C@H](O)[C@@H]1OC. The van der Waals surface area contributed by atoms with Gasteiger partial charge in [0.25, 0.3) is 0 Å². The fraction of sp³-hybridized carbons (Fsp3) is 0.656. The lowest BCUT2D eigenvalue weighted by molar-refractivity contribution is -0.355. The van der Waals surface area contributed by atoms with Gasteiger partial charge in [-0.3, -0.25) is 0 Å². The van der Waals surface area contributed by atoms with Crippen LogP contribution in [0.15, 0.2) is 130 Å². The van der Waals surface area contributed by atoms with Crippen LogP contribution in [0, 0.1) is 5.41 Å². The Labute approximate surface area is 474 Å². The Kier molecular flexibility index (Phi) is 27.9. The van der Waals surface area contributed by atoms with E-state index in [9.17, 15) is 15.3 Å². The second-order valence-corrected chi connectivity index (χ2v) is 22.9. The molecule has 79 heavy (non-hydrogen) atoms. The molecule has 0 aromatic carbocycles. The van der Waals surface area contributed by atoms with E-state index in [-0.39, 0.29) is 11.5 Å². The molecule has 0 spiro atoms. The predicted molar refractivity (Wildman–Crippen MR) is 310 cm³/mol. The molecular weight excluding hydrogens is 1010 g/mol. The van der Waals surface area contributed by atoms with Gasteiger partial charge < -0.3 is 72.2 Å². The summed E-state index contributed by atoms with van der Waals surface area (Å²) in [4.78, 5) is 0. The molecule has 0 radical (unpaired) electrons. The van der Waals surface area contributed by atoms with E-state index in [1.54, 1.807) is 35.2 Å². The standard InChI is InChI=1S/C64H100O15/c1-39(25-20-21-26-40(2)28-23-31-42(4)33-35-49-44(6)37-48(38-63(49,10)11)77-60-57(71-17)54(68-14)51(65)45(7)74-60)27-22-29-41(3)30-24-32-43(5)34-36-50(78-61-58(72-18)55(69-15)52(66)46(8)75-61)64(12,13)79-62-59(73-19)56(70-16)53(67)47(9)76-62/h20-33,35,45-48,50-62,65-67H,34,36-38H2,1-19H3/b21-20+,27-22+,28-23+,30-24+,35-33+,39-25+,40-26+,41-29+,42-31+,43-32+/t45-,46-,47-,48-,50+,51+,52+,53+,54+,55+,56+,57-,58-,59-,60+,61+,62+/m1/s1. The average molecular weight is 1110 g/mol. The van der Waals surface area contributed by atoms with Crippen LogP contribution in [0.1, 0.15) is 116 Å². The van der Waals surface area contributed by atoms with Crippen LogP contribution in [-0.4, -0.2) is 168 Å². The molecule has 446 valence electrons. The van der Waals surface area contributed by atoms with Gasteiger partial charge in [0, 0.05) is 42.7 Å². The van der Waals surface area contributed by atoms with Crippen LogP contribution in [0.5, 0.6) is 0 Å². The molecule has 0 unspecified atom stereocenters. The second-order valence-electron chi connectivity index (χ2n) is 22.9. The van der Waals surface area contributed by atoms with Crippen molar-refractivity contribution >= 4 is 0 Å².